The van der Waals surface area contributed by atoms with Crippen molar-refractivity contribution in [1.29, 1.82) is 0 Å². The monoisotopic (exact) mass is 374 g/mol. The summed E-state index contributed by atoms with van der Waals surface area (Å²) >= 11 is -1.19. The number of amides is 2. The number of hydrogen-bond donors (Lipinski definition) is 2. The van der Waals surface area contributed by atoms with Crippen LogP contribution in [0.1, 0.15) is 24.3 Å². The van der Waals surface area contributed by atoms with Crippen molar-refractivity contribution in [3.8, 4) is 0 Å². The average Bonchev–Trinajstić information content (AvgIpc) is 2.72. The number of rotatable bonds is 5. The lowest BCUT2D eigenvalue weighted by Gasteiger charge is -2.26. The summed E-state index contributed by atoms with van der Waals surface area (Å²) in [5.74, 6) is -2.71. The Balaban J connectivity index is 2.15. The molecule has 1 aromatic rings. The average molecular weight is 374 g/mol. The van der Waals surface area contributed by atoms with Gasteiger partial charge in [-0.1, -0.05) is 23.3 Å². The van der Waals surface area contributed by atoms with Crippen LogP contribution in [0.2, 0.25) is 0 Å². The summed E-state index contributed by atoms with van der Waals surface area (Å²) in [7, 11) is 0. The third-order valence-electron chi connectivity index (χ3n) is 4.28. The fourth-order valence-electron chi connectivity index (χ4n) is 2.94. The van der Waals surface area contributed by atoms with E-state index in [1.165, 1.54) is 18.4 Å². The molecule has 1 aliphatic heterocycles. The summed E-state index contributed by atoms with van der Waals surface area (Å²) in [6.45, 7) is 0.0679. The van der Waals surface area contributed by atoms with E-state index in [1.54, 1.807) is 0 Å². The zero-order chi connectivity index (χ0) is 18.6. The molecule has 0 radical (unpaired) electrons. The maximum atomic E-state index is 14.0. The molecule has 0 bridgehead atoms. The molecule has 1 saturated heterocycles. The van der Waals surface area contributed by atoms with Crippen molar-refractivity contribution in [2.24, 2.45) is 0 Å². The van der Waals surface area contributed by atoms with Gasteiger partial charge in [0.15, 0.2) is 11.6 Å². The Labute approximate surface area is 147 Å². The van der Waals surface area contributed by atoms with Crippen molar-refractivity contribution in [2.75, 3.05) is 25.1 Å². The highest BCUT2D eigenvalue weighted by molar-refractivity contribution is 7.90. The fraction of sp³-hybridized carbons (Fsp3) is 0.500. The minimum absolute atomic E-state index is 0.0322. The van der Waals surface area contributed by atoms with E-state index in [-0.39, 0.29) is 30.8 Å². The molecular formula is C16H20F2N2O4S. The second kappa shape index (κ2) is 8.48. The first-order valence-corrected chi connectivity index (χ1v) is 9.55. The Morgan fingerprint density at radius 2 is 2.16 bits per heavy atom. The molecule has 6 nitrogen and oxygen atoms in total. The largest absolute Gasteiger partial charge is 0.617 e. The number of hydrogen-bond acceptors (Lipinski definition) is 3. The molecule has 0 aromatic heterocycles. The minimum atomic E-state index is -1.28. The summed E-state index contributed by atoms with van der Waals surface area (Å²) in [4.78, 5) is 24.7. The van der Waals surface area contributed by atoms with Gasteiger partial charge in [0, 0.05) is 12.5 Å². The molecule has 0 aliphatic carbocycles. The molecule has 0 spiro atoms. The zero-order valence-corrected chi connectivity index (χ0v) is 14.5. The van der Waals surface area contributed by atoms with E-state index in [4.69, 9.17) is 0 Å². The van der Waals surface area contributed by atoms with E-state index < -0.39 is 46.8 Å². The highest BCUT2D eigenvalue weighted by atomic mass is 32.2. The maximum absolute atomic E-state index is 14.0. The van der Waals surface area contributed by atoms with Crippen LogP contribution < -0.4 is 5.32 Å². The third kappa shape index (κ3) is 4.82. The van der Waals surface area contributed by atoms with Gasteiger partial charge in [-0.15, -0.1) is 0 Å². The number of benzene rings is 1. The smallest absolute Gasteiger partial charge is 0.408 e. The molecule has 1 heterocycles. The van der Waals surface area contributed by atoms with Crippen LogP contribution in [-0.4, -0.2) is 57.7 Å². The lowest BCUT2D eigenvalue weighted by Crippen LogP contribution is -2.49. The summed E-state index contributed by atoms with van der Waals surface area (Å²) in [5, 5.41) is 12.0. The molecule has 1 aliphatic rings. The minimum Gasteiger partial charge on any atom is -0.617 e. The first-order chi connectivity index (χ1) is 11.8. The molecule has 25 heavy (non-hydrogen) atoms. The summed E-state index contributed by atoms with van der Waals surface area (Å²) < 4.78 is 38.6. The van der Waals surface area contributed by atoms with Crippen molar-refractivity contribution in [2.45, 2.75) is 24.8 Å². The van der Waals surface area contributed by atoms with Crippen LogP contribution in [0.15, 0.2) is 18.2 Å². The molecule has 0 saturated carbocycles. The Kier molecular flexibility index (Phi) is 6.60. The standard InChI is InChI=1S/C16H20F2N2O4S/c1-25(24)8-7-20(16(22)23)13-6-5-10(9-19-15(13)21)11-3-2-4-12(17)14(11)18/h2-4,10,13H,5-9H2,1H3,(H,19,21)(H,22,23)/t10-,13-,25?/m1/s1. The van der Waals surface area contributed by atoms with Gasteiger partial charge in [0.1, 0.15) is 11.8 Å². The molecule has 9 heteroatoms. The van der Waals surface area contributed by atoms with Crippen molar-refractivity contribution < 1.29 is 28.0 Å². The fourth-order valence-corrected chi connectivity index (χ4v) is 3.40. The van der Waals surface area contributed by atoms with Crippen LogP contribution in [0.5, 0.6) is 0 Å². The predicted molar refractivity (Wildman–Crippen MR) is 88.8 cm³/mol. The van der Waals surface area contributed by atoms with Gasteiger partial charge in [-0.2, -0.15) is 0 Å². The number of carbonyl (C=O) groups excluding carboxylic acids is 1. The Hall–Kier alpha value is -1.87. The Morgan fingerprint density at radius 1 is 1.44 bits per heavy atom. The molecule has 2 N–H and O–H groups in total. The molecule has 2 amide bonds. The molecule has 1 aromatic carbocycles. The van der Waals surface area contributed by atoms with Gasteiger partial charge < -0.3 is 15.0 Å². The van der Waals surface area contributed by atoms with Crippen LogP contribution in [0, 0.1) is 11.6 Å². The summed E-state index contributed by atoms with van der Waals surface area (Å²) in [6.07, 6.45) is 0.675. The van der Waals surface area contributed by atoms with E-state index in [9.17, 15) is 28.0 Å². The van der Waals surface area contributed by atoms with Crippen LogP contribution in [-0.2, 0) is 16.0 Å². The van der Waals surface area contributed by atoms with Crippen molar-refractivity contribution in [1.82, 2.24) is 10.2 Å². The molecule has 138 valence electrons. The number of carbonyl (C=O) groups is 2. The molecule has 2 rings (SSSR count). The highest BCUT2D eigenvalue weighted by Gasteiger charge is 2.34. The summed E-state index contributed by atoms with van der Waals surface area (Å²) in [5.41, 5.74) is 0.164. The van der Waals surface area contributed by atoms with Crippen LogP contribution >= 0.6 is 0 Å². The Bertz CT molecular complexity index is 645. The maximum Gasteiger partial charge on any atom is 0.408 e. The first kappa shape index (κ1) is 19.5. The quantitative estimate of drug-likeness (QED) is 0.767. The second-order valence-corrected chi connectivity index (χ2v) is 7.49. The van der Waals surface area contributed by atoms with Gasteiger partial charge in [0.05, 0.1) is 12.8 Å². The lowest BCUT2D eigenvalue weighted by atomic mass is 9.93. The zero-order valence-electron chi connectivity index (χ0n) is 13.7. The first-order valence-electron chi connectivity index (χ1n) is 7.82. The van der Waals surface area contributed by atoms with Gasteiger partial charge >= 0.3 is 6.09 Å². The molecule has 1 unspecified atom stereocenters. The molecule has 3 atom stereocenters. The van der Waals surface area contributed by atoms with Gasteiger partial charge in [-0.3, -0.25) is 9.69 Å². The van der Waals surface area contributed by atoms with Gasteiger partial charge in [-0.25, -0.2) is 13.6 Å². The lowest BCUT2D eigenvalue weighted by molar-refractivity contribution is -0.125. The van der Waals surface area contributed by atoms with Gasteiger partial charge in [0.25, 0.3) is 0 Å². The number of nitrogens with zero attached hydrogens (tertiary/aromatic N) is 1. The van der Waals surface area contributed by atoms with Gasteiger partial charge in [-0.05, 0) is 24.5 Å². The van der Waals surface area contributed by atoms with E-state index in [2.05, 4.69) is 5.32 Å². The number of carboxylic acid groups (broad SMARTS) is 1. The van der Waals surface area contributed by atoms with Crippen molar-refractivity contribution in [3.63, 3.8) is 0 Å². The van der Waals surface area contributed by atoms with Crippen LogP contribution in [0.3, 0.4) is 0 Å². The number of nitrogens with one attached hydrogen (secondary N) is 1. The second-order valence-electron chi connectivity index (χ2n) is 5.93. The van der Waals surface area contributed by atoms with Crippen LogP contribution in [0.4, 0.5) is 13.6 Å². The van der Waals surface area contributed by atoms with Crippen molar-refractivity contribution in [3.05, 3.63) is 35.4 Å². The van der Waals surface area contributed by atoms with Crippen LogP contribution in [0.25, 0.3) is 0 Å². The molecular weight excluding hydrogens is 354 g/mol. The molecule has 1 fully saturated rings. The van der Waals surface area contributed by atoms with E-state index in [1.807, 2.05) is 0 Å². The Morgan fingerprint density at radius 3 is 2.80 bits per heavy atom. The van der Waals surface area contributed by atoms with E-state index >= 15 is 0 Å². The normalized spacial score (nSPS) is 22.0. The SMILES string of the molecule is C[S+]([O-])CCN(C(=O)O)[C@@H]1CC[C@@H](c2cccc(F)c2F)CNC1=O. The topological polar surface area (TPSA) is 92.7 Å². The van der Waals surface area contributed by atoms with E-state index in [0.717, 1.165) is 11.0 Å². The number of halogens is 2. The van der Waals surface area contributed by atoms with E-state index in [0.29, 0.717) is 6.42 Å². The highest BCUT2D eigenvalue weighted by Crippen LogP contribution is 2.28. The van der Waals surface area contributed by atoms with Gasteiger partial charge in [0.2, 0.25) is 5.91 Å². The van der Waals surface area contributed by atoms with Crippen molar-refractivity contribution >= 4 is 23.2 Å². The predicted octanol–water partition coefficient (Wildman–Crippen LogP) is 1.69. The summed E-state index contributed by atoms with van der Waals surface area (Å²) in [6, 6.07) is 2.94. The third-order valence-corrected chi connectivity index (χ3v) is 5.03.